The van der Waals surface area contributed by atoms with E-state index in [2.05, 4.69) is 5.32 Å². The molecule has 0 heterocycles. The first-order chi connectivity index (χ1) is 9.08. The van der Waals surface area contributed by atoms with E-state index in [0.29, 0.717) is 17.9 Å². The number of aliphatic hydroxyl groups is 1. The molecule has 0 fully saturated rings. The van der Waals surface area contributed by atoms with Gasteiger partial charge in [0.25, 0.3) is 0 Å². The van der Waals surface area contributed by atoms with Crippen LogP contribution in [0.15, 0.2) is 18.2 Å². The molecule has 19 heavy (non-hydrogen) atoms. The van der Waals surface area contributed by atoms with Crippen LogP contribution < -0.4 is 10.1 Å². The number of halogens is 1. The van der Waals surface area contributed by atoms with Crippen LogP contribution >= 0.6 is 0 Å². The lowest BCUT2D eigenvalue weighted by Gasteiger charge is -2.15. The zero-order valence-electron chi connectivity index (χ0n) is 11.6. The molecule has 0 aromatic heterocycles. The van der Waals surface area contributed by atoms with E-state index in [1.54, 1.807) is 19.2 Å². The monoisotopic (exact) mass is 271 g/mol. The average molecular weight is 271 g/mol. The largest absolute Gasteiger partial charge is 0.491 e. The van der Waals surface area contributed by atoms with Gasteiger partial charge < -0.3 is 19.9 Å². The number of nitrogens with one attached hydrogen (secondary N) is 1. The Bertz CT molecular complexity index is 387. The summed E-state index contributed by atoms with van der Waals surface area (Å²) in [4.78, 5) is 0. The molecule has 0 aliphatic rings. The highest BCUT2D eigenvalue weighted by Crippen LogP contribution is 2.21. The minimum absolute atomic E-state index is 0.0578. The summed E-state index contributed by atoms with van der Waals surface area (Å²) in [7, 11) is 1.78. The number of hydrogen-bond acceptors (Lipinski definition) is 4. The van der Waals surface area contributed by atoms with Crippen LogP contribution in [0.3, 0.4) is 0 Å². The van der Waals surface area contributed by atoms with E-state index >= 15 is 0 Å². The van der Waals surface area contributed by atoms with Crippen molar-refractivity contribution in [2.45, 2.75) is 26.0 Å². The normalized spacial score (nSPS) is 14.2. The van der Waals surface area contributed by atoms with Crippen LogP contribution in [0.5, 0.6) is 5.75 Å². The van der Waals surface area contributed by atoms with E-state index in [-0.39, 0.29) is 25.1 Å². The molecule has 0 saturated carbocycles. The highest BCUT2D eigenvalue weighted by atomic mass is 19.1. The first kappa shape index (κ1) is 15.9. The summed E-state index contributed by atoms with van der Waals surface area (Å²) < 4.78 is 24.2. The molecule has 1 rings (SSSR count). The number of hydrogen-bond donors (Lipinski definition) is 2. The molecule has 0 aliphatic carbocycles. The molecule has 2 N–H and O–H groups in total. The van der Waals surface area contributed by atoms with Crippen molar-refractivity contribution in [3.8, 4) is 5.75 Å². The minimum atomic E-state index is -0.709. The van der Waals surface area contributed by atoms with Gasteiger partial charge in [-0.25, -0.2) is 4.39 Å². The Morgan fingerprint density at radius 2 is 2.11 bits per heavy atom. The van der Waals surface area contributed by atoms with E-state index in [1.165, 1.54) is 6.07 Å². The highest BCUT2D eigenvalue weighted by Gasteiger charge is 2.11. The van der Waals surface area contributed by atoms with Gasteiger partial charge in [-0.05, 0) is 27.0 Å². The lowest BCUT2D eigenvalue weighted by atomic mass is 10.1. The van der Waals surface area contributed by atoms with Crippen molar-refractivity contribution in [1.29, 1.82) is 0 Å². The van der Waals surface area contributed by atoms with Gasteiger partial charge in [-0.2, -0.15) is 0 Å². The van der Waals surface area contributed by atoms with Gasteiger partial charge >= 0.3 is 0 Å². The second kappa shape index (κ2) is 8.09. The molecule has 0 bridgehead atoms. The van der Waals surface area contributed by atoms with E-state index in [1.807, 2.05) is 13.8 Å². The molecule has 2 unspecified atom stereocenters. The van der Waals surface area contributed by atoms with Gasteiger partial charge in [-0.15, -0.1) is 0 Å². The van der Waals surface area contributed by atoms with Gasteiger partial charge in [0.05, 0.1) is 6.61 Å². The SMILES string of the molecule is CCOCC(O)COc1ccc(C(C)NC)c(F)c1. The topological polar surface area (TPSA) is 50.7 Å². The molecule has 5 heteroatoms. The molecule has 0 aliphatic heterocycles. The first-order valence-electron chi connectivity index (χ1n) is 6.43. The van der Waals surface area contributed by atoms with Gasteiger partial charge in [-0.3, -0.25) is 0 Å². The van der Waals surface area contributed by atoms with Crippen molar-refractivity contribution in [2.24, 2.45) is 0 Å². The number of aliphatic hydroxyl groups excluding tert-OH is 1. The van der Waals surface area contributed by atoms with Crippen LogP contribution in [0.25, 0.3) is 0 Å². The maximum atomic E-state index is 13.8. The van der Waals surface area contributed by atoms with Crippen molar-refractivity contribution in [3.05, 3.63) is 29.6 Å². The average Bonchev–Trinajstić information content (AvgIpc) is 2.42. The van der Waals surface area contributed by atoms with Crippen molar-refractivity contribution >= 4 is 0 Å². The second-order valence-corrected chi connectivity index (χ2v) is 4.32. The molecule has 108 valence electrons. The van der Waals surface area contributed by atoms with Crippen molar-refractivity contribution in [2.75, 3.05) is 26.9 Å². The molecular weight excluding hydrogens is 249 g/mol. The summed E-state index contributed by atoms with van der Waals surface area (Å²) >= 11 is 0. The number of rotatable bonds is 8. The van der Waals surface area contributed by atoms with Crippen LogP contribution in [-0.2, 0) is 4.74 Å². The maximum Gasteiger partial charge on any atom is 0.131 e. The standard InChI is InChI=1S/C14H22FNO3/c1-4-18-8-11(17)9-19-12-5-6-13(10(2)16-3)14(15)7-12/h5-7,10-11,16-17H,4,8-9H2,1-3H3. The molecule has 1 aromatic carbocycles. The van der Waals surface area contributed by atoms with Crippen LogP contribution in [-0.4, -0.2) is 38.1 Å². The van der Waals surface area contributed by atoms with Gasteiger partial charge in [-0.1, -0.05) is 6.07 Å². The summed E-state index contributed by atoms with van der Waals surface area (Å²) in [6, 6.07) is 4.65. The molecule has 1 aromatic rings. The molecule has 0 spiro atoms. The summed E-state index contributed by atoms with van der Waals surface area (Å²) in [5.74, 6) is 0.0822. The third-order valence-electron chi connectivity index (χ3n) is 2.83. The van der Waals surface area contributed by atoms with E-state index < -0.39 is 6.10 Å². The smallest absolute Gasteiger partial charge is 0.131 e. The number of ether oxygens (including phenoxy) is 2. The summed E-state index contributed by atoms with van der Waals surface area (Å²) in [6.07, 6.45) is -0.709. The highest BCUT2D eigenvalue weighted by molar-refractivity contribution is 5.30. The van der Waals surface area contributed by atoms with E-state index in [4.69, 9.17) is 9.47 Å². The zero-order chi connectivity index (χ0) is 14.3. The minimum Gasteiger partial charge on any atom is -0.491 e. The Kier molecular flexibility index (Phi) is 6.77. The van der Waals surface area contributed by atoms with Gasteiger partial charge in [0.15, 0.2) is 0 Å². The summed E-state index contributed by atoms with van der Waals surface area (Å²) in [5, 5.41) is 12.5. The van der Waals surface area contributed by atoms with Crippen molar-refractivity contribution < 1.29 is 19.0 Å². The maximum absolute atomic E-state index is 13.8. The second-order valence-electron chi connectivity index (χ2n) is 4.32. The summed E-state index contributed by atoms with van der Waals surface area (Å²) in [5.41, 5.74) is 0.588. The molecular formula is C14H22FNO3. The quantitative estimate of drug-likeness (QED) is 0.758. The third kappa shape index (κ3) is 5.14. The predicted molar refractivity (Wildman–Crippen MR) is 71.9 cm³/mol. The van der Waals surface area contributed by atoms with Crippen molar-refractivity contribution in [3.63, 3.8) is 0 Å². The van der Waals surface area contributed by atoms with Gasteiger partial charge in [0, 0.05) is 24.3 Å². The Balaban J connectivity index is 2.54. The molecule has 4 nitrogen and oxygen atoms in total. The molecule has 0 saturated heterocycles. The van der Waals surface area contributed by atoms with Gasteiger partial charge in [0.1, 0.15) is 24.3 Å². The van der Waals surface area contributed by atoms with Crippen LogP contribution in [0.4, 0.5) is 4.39 Å². The number of benzene rings is 1. The van der Waals surface area contributed by atoms with Crippen LogP contribution in [0, 0.1) is 5.82 Å². The Hall–Kier alpha value is -1.17. The third-order valence-corrected chi connectivity index (χ3v) is 2.83. The fraction of sp³-hybridized carbons (Fsp3) is 0.571. The lowest BCUT2D eigenvalue weighted by molar-refractivity contribution is 0.0164. The molecule has 0 amide bonds. The van der Waals surface area contributed by atoms with E-state index in [9.17, 15) is 9.50 Å². The van der Waals surface area contributed by atoms with E-state index in [0.717, 1.165) is 0 Å². The fourth-order valence-corrected chi connectivity index (χ4v) is 1.60. The van der Waals surface area contributed by atoms with Crippen LogP contribution in [0.1, 0.15) is 25.5 Å². The molecule has 2 atom stereocenters. The Labute approximate surface area is 113 Å². The van der Waals surface area contributed by atoms with Gasteiger partial charge in [0.2, 0.25) is 0 Å². The van der Waals surface area contributed by atoms with Crippen LogP contribution in [0.2, 0.25) is 0 Å². The Morgan fingerprint density at radius 1 is 1.37 bits per heavy atom. The molecule has 0 radical (unpaired) electrons. The lowest BCUT2D eigenvalue weighted by Crippen LogP contribution is -2.23. The first-order valence-corrected chi connectivity index (χ1v) is 6.43. The Morgan fingerprint density at radius 3 is 2.68 bits per heavy atom. The predicted octanol–water partition coefficient (Wildman–Crippen LogP) is 1.88. The fourth-order valence-electron chi connectivity index (χ4n) is 1.60. The summed E-state index contributed by atoms with van der Waals surface area (Å²) in [6.45, 7) is 4.58. The van der Waals surface area contributed by atoms with Crippen molar-refractivity contribution in [1.82, 2.24) is 5.32 Å². The zero-order valence-corrected chi connectivity index (χ0v) is 11.6.